The molecule has 0 radical (unpaired) electrons. The van der Waals surface area contributed by atoms with Gasteiger partial charge in [0.2, 0.25) is 0 Å². The Bertz CT molecular complexity index is 1090. The van der Waals surface area contributed by atoms with Crippen molar-refractivity contribution in [2.45, 2.75) is 0 Å². The molecular formula is C19H19N7. The molecule has 1 N–H and O–H groups in total. The molecule has 4 aromatic rings. The largest absolute Gasteiger partial charge is 0.378 e. The van der Waals surface area contributed by atoms with Crippen LogP contribution < -0.4 is 10.3 Å². The lowest BCUT2D eigenvalue weighted by Gasteiger charge is -2.11. The number of aromatic nitrogens is 4. The number of benzene rings is 2. The summed E-state index contributed by atoms with van der Waals surface area (Å²) < 4.78 is 2.01. The molecule has 0 aliphatic heterocycles. The second kappa shape index (κ2) is 6.44. The predicted octanol–water partition coefficient (Wildman–Crippen LogP) is 3.03. The Kier molecular flexibility index (Phi) is 3.96. The molecule has 0 aliphatic rings. The summed E-state index contributed by atoms with van der Waals surface area (Å²) in [5.41, 5.74) is 7.62. The van der Waals surface area contributed by atoms with E-state index in [0.717, 1.165) is 33.3 Å². The monoisotopic (exact) mass is 345 g/mol. The van der Waals surface area contributed by atoms with Gasteiger partial charge in [-0.15, -0.1) is 10.2 Å². The van der Waals surface area contributed by atoms with E-state index in [0.29, 0.717) is 5.95 Å². The molecule has 0 unspecified atom stereocenters. The van der Waals surface area contributed by atoms with Gasteiger partial charge in [-0.2, -0.15) is 10.1 Å². The smallest absolute Gasteiger partial charge is 0.265 e. The van der Waals surface area contributed by atoms with Crippen molar-refractivity contribution < 1.29 is 0 Å². The molecular weight excluding hydrogens is 326 g/mol. The third kappa shape index (κ3) is 2.83. The molecule has 0 bridgehead atoms. The molecule has 26 heavy (non-hydrogen) atoms. The molecule has 2 aromatic heterocycles. The second-order valence-corrected chi connectivity index (χ2v) is 6.24. The van der Waals surface area contributed by atoms with Crippen molar-refractivity contribution >= 4 is 39.9 Å². The summed E-state index contributed by atoms with van der Waals surface area (Å²) in [7, 11) is 6.00. The van der Waals surface area contributed by atoms with Crippen LogP contribution >= 0.6 is 0 Å². The number of hydrogen-bond acceptors (Lipinski definition) is 6. The molecule has 2 aromatic carbocycles. The zero-order valence-electron chi connectivity index (χ0n) is 14.9. The fraction of sp³-hybridized carbons (Fsp3) is 0.158. The highest BCUT2D eigenvalue weighted by atomic mass is 15.4. The van der Waals surface area contributed by atoms with Gasteiger partial charge in [0, 0.05) is 32.2 Å². The highest BCUT2D eigenvalue weighted by molar-refractivity contribution is 6.04. The van der Waals surface area contributed by atoms with E-state index in [2.05, 4.69) is 30.6 Å². The van der Waals surface area contributed by atoms with Crippen molar-refractivity contribution in [3.63, 3.8) is 0 Å². The SMILES string of the molecule is CN(C)c1ccc(/C=N\Nc2nnc3c4ccccc4n(C)c3n2)cc1. The molecule has 7 nitrogen and oxygen atoms in total. The number of anilines is 2. The number of hydrogen-bond donors (Lipinski definition) is 1. The Labute approximate surface area is 151 Å². The summed E-state index contributed by atoms with van der Waals surface area (Å²) in [5.74, 6) is 0.365. The van der Waals surface area contributed by atoms with Gasteiger partial charge in [-0.3, -0.25) is 0 Å². The normalized spacial score (nSPS) is 11.5. The van der Waals surface area contributed by atoms with E-state index in [9.17, 15) is 0 Å². The summed E-state index contributed by atoms with van der Waals surface area (Å²) in [5, 5.41) is 13.7. The maximum Gasteiger partial charge on any atom is 0.265 e. The van der Waals surface area contributed by atoms with Gasteiger partial charge in [0.05, 0.1) is 11.7 Å². The van der Waals surface area contributed by atoms with Crippen LogP contribution in [0, 0.1) is 0 Å². The minimum atomic E-state index is 0.365. The highest BCUT2D eigenvalue weighted by Crippen LogP contribution is 2.24. The summed E-state index contributed by atoms with van der Waals surface area (Å²) in [4.78, 5) is 6.59. The lowest BCUT2D eigenvalue weighted by Crippen LogP contribution is -2.08. The van der Waals surface area contributed by atoms with Gasteiger partial charge in [0.25, 0.3) is 5.95 Å². The van der Waals surface area contributed by atoms with Crippen LogP contribution in [0.4, 0.5) is 11.6 Å². The summed E-state index contributed by atoms with van der Waals surface area (Å²) in [6.45, 7) is 0. The quantitative estimate of drug-likeness (QED) is 0.455. The minimum Gasteiger partial charge on any atom is -0.378 e. The third-order valence-corrected chi connectivity index (χ3v) is 4.29. The number of para-hydroxylation sites is 1. The third-order valence-electron chi connectivity index (χ3n) is 4.29. The number of nitrogens with zero attached hydrogens (tertiary/aromatic N) is 6. The minimum absolute atomic E-state index is 0.365. The van der Waals surface area contributed by atoms with Crippen LogP contribution in [0.3, 0.4) is 0 Å². The van der Waals surface area contributed by atoms with Crippen LogP contribution in [0.25, 0.3) is 22.1 Å². The Morgan fingerprint density at radius 1 is 1.04 bits per heavy atom. The van der Waals surface area contributed by atoms with Gasteiger partial charge in [0.1, 0.15) is 5.52 Å². The molecule has 0 fully saturated rings. The molecule has 130 valence electrons. The average molecular weight is 345 g/mol. The maximum atomic E-state index is 4.54. The van der Waals surface area contributed by atoms with E-state index in [1.807, 2.05) is 74.2 Å². The second-order valence-electron chi connectivity index (χ2n) is 6.24. The van der Waals surface area contributed by atoms with Gasteiger partial charge in [-0.25, -0.2) is 5.43 Å². The van der Waals surface area contributed by atoms with Crippen molar-refractivity contribution in [3.8, 4) is 0 Å². The van der Waals surface area contributed by atoms with Crippen LogP contribution in [0.5, 0.6) is 0 Å². The Morgan fingerprint density at radius 3 is 2.58 bits per heavy atom. The number of hydrazone groups is 1. The fourth-order valence-corrected chi connectivity index (χ4v) is 2.88. The maximum absolute atomic E-state index is 4.54. The van der Waals surface area contributed by atoms with Crippen LogP contribution in [0.2, 0.25) is 0 Å². The first-order valence-electron chi connectivity index (χ1n) is 8.28. The Morgan fingerprint density at radius 2 is 1.81 bits per heavy atom. The van der Waals surface area contributed by atoms with Gasteiger partial charge in [0.15, 0.2) is 5.65 Å². The zero-order valence-corrected chi connectivity index (χ0v) is 14.9. The van der Waals surface area contributed by atoms with Gasteiger partial charge in [-0.05, 0) is 23.8 Å². The first kappa shape index (κ1) is 16.0. The number of aryl methyl sites for hydroxylation is 1. The number of fused-ring (bicyclic) bond motifs is 3. The van der Waals surface area contributed by atoms with Crippen molar-refractivity contribution in [3.05, 3.63) is 54.1 Å². The number of nitrogens with one attached hydrogen (secondary N) is 1. The predicted molar refractivity (Wildman–Crippen MR) is 106 cm³/mol. The lowest BCUT2D eigenvalue weighted by atomic mass is 10.2. The van der Waals surface area contributed by atoms with E-state index < -0.39 is 0 Å². The van der Waals surface area contributed by atoms with Crippen LogP contribution in [-0.4, -0.2) is 40.1 Å². The van der Waals surface area contributed by atoms with Crippen LogP contribution in [-0.2, 0) is 7.05 Å². The topological polar surface area (TPSA) is 71.2 Å². The highest BCUT2D eigenvalue weighted by Gasteiger charge is 2.11. The van der Waals surface area contributed by atoms with Gasteiger partial charge < -0.3 is 9.47 Å². The van der Waals surface area contributed by atoms with E-state index in [1.165, 1.54) is 0 Å². The van der Waals surface area contributed by atoms with Crippen molar-refractivity contribution in [1.29, 1.82) is 0 Å². The molecule has 0 saturated heterocycles. The molecule has 0 saturated carbocycles. The van der Waals surface area contributed by atoms with Crippen molar-refractivity contribution in [2.24, 2.45) is 12.1 Å². The van der Waals surface area contributed by atoms with E-state index >= 15 is 0 Å². The lowest BCUT2D eigenvalue weighted by molar-refractivity contribution is 0.949. The Balaban J connectivity index is 1.57. The molecule has 0 aliphatic carbocycles. The molecule has 0 spiro atoms. The van der Waals surface area contributed by atoms with Gasteiger partial charge >= 0.3 is 0 Å². The van der Waals surface area contributed by atoms with Crippen molar-refractivity contribution in [1.82, 2.24) is 19.7 Å². The average Bonchev–Trinajstić information content (AvgIpc) is 2.95. The Hall–Kier alpha value is -3.48. The molecule has 2 heterocycles. The summed E-state index contributed by atoms with van der Waals surface area (Å²) in [6, 6.07) is 16.2. The van der Waals surface area contributed by atoms with E-state index in [4.69, 9.17) is 0 Å². The zero-order chi connectivity index (χ0) is 18.1. The summed E-state index contributed by atoms with van der Waals surface area (Å²) >= 11 is 0. The molecule has 7 heteroatoms. The first-order chi connectivity index (χ1) is 12.6. The van der Waals surface area contributed by atoms with E-state index in [1.54, 1.807) is 6.21 Å². The summed E-state index contributed by atoms with van der Waals surface area (Å²) in [6.07, 6.45) is 1.73. The number of rotatable bonds is 4. The van der Waals surface area contributed by atoms with Crippen molar-refractivity contribution in [2.75, 3.05) is 24.4 Å². The molecule has 0 atom stereocenters. The van der Waals surface area contributed by atoms with E-state index in [-0.39, 0.29) is 0 Å². The standard InChI is InChI=1S/C19H19N7/c1-25(2)14-10-8-13(9-11-14)12-20-23-19-21-18-17(22-24-19)15-6-4-5-7-16(15)26(18)3/h4-12H,1-3H3,(H,21,23,24)/b20-12-. The first-order valence-corrected chi connectivity index (χ1v) is 8.28. The molecule has 0 amide bonds. The molecule has 4 rings (SSSR count). The van der Waals surface area contributed by atoms with Crippen LogP contribution in [0.1, 0.15) is 5.56 Å². The fourth-order valence-electron chi connectivity index (χ4n) is 2.88. The van der Waals surface area contributed by atoms with Crippen LogP contribution in [0.15, 0.2) is 53.6 Å². The van der Waals surface area contributed by atoms with Gasteiger partial charge in [-0.1, -0.05) is 30.3 Å².